The van der Waals surface area contributed by atoms with Gasteiger partial charge in [0.15, 0.2) is 5.71 Å². The highest BCUT2D eigenvalue weighted by Gasteiger charge is 2.42. The topological polar surface area (TPSA) is 59.9 Å². The Balaban J connectivity index is 1.94. The summed E-state index contributed by atoms with van der Waals surface area (Å²) in [6.45, 7) is 4.01. The first-order valence-electron chi connectivity index (χ1n) is 5.39. The van der Waals surface area contributed by atoms with Crippen LogP contribution in [-0.4, -0.2) is 37.0 Å². The van der Waals surface area contributed by atoms with Gasteiger partial charge in [0, 0.05) is 19.3 Å². The van der Waals surface area contributed by atoms with Crippen molar-refractivity contribution in [1.82, 2.24) is 5.32 Å². The Morgan fingerprint density at radius 2 is 2.33 bits per heavy atom. The standard InChI is InChI=1S/C10H16N2O3/c1-2-14-9(13)8-7-10(15-12-8)3-5-11-6-4-10/h11H,2-7H2,1H3. The summed E-state index contributed by atoms with van der Waals surface area (Å²) >= 11 is 0. The van der Waals surface area contributed by atoms with Gasteiger partial charge in [0.25, 0.3) is 0 Å². The number of esters is 1. The van der Waals surface area contributed by atoms with E-state index < -0.39 is 0 Å². The van der Waals surface area contributed by atoms with Crippen LogP contribution in [-0.2, 0) is 14.4 Å². The zero-order valence-corrected chi connectivity index (χ0v) is 8.91. The number of nitrogens with zero attached hydrogens (tertiary/aromatic N) is 1. The fraction of sp³-hybridized carbons (Fsp3) is 0.800. The molecule has 84 valence electrons. The summed E-state index contributed by atoms with van der Waals surface area (Å²) in [5, 5.41) is 7.10. The maximum absolute atomic E-state index is 11.4. The molecule has 0 atom stereocenters. The minimum atomic E-state index is -0.340. The average Bonchev–Trinajstić information content (AvgIpc) is 2.64. The van der Waals surface area contributed by atoms with Crippen LogP contribution in [0.15, 0.2) is 5.16 Å². The van der Waals surface area contributed by atoms with E-state index >= 15 is 0 Å². The third-order valence-corrected chi connectivity index (χ3v) is 2.86. The summed E-state index contributed by atoms with van der Waals surface area (Å²) in [6, 6.07) is 0. The number of ether oxygens (including phenoxy) is 1. The molecule has 0 aromatic carbocycles. The molecule has 1 spiro atoms. The van der Waals surface area contributed by atoms with Gasteiger partial charge in [0.1, 0.15) is 5.60 Å². The Morgan fingerprint density at radius 1 is 1.60 bits per heavy atom. The first kappa shape index (κ1) is 10.4. The number of piperidine rings is 1. The molecule has 0 aromatic heterocycles. The molecule has 15 heavy (non-hydrogen) atoms. The number of rotatable bonds is 2. The van der Waals surface area contributed by atoms with Crippen LogP contribution >= 0.6 is 0 Å². The summed E-state index contributed by atoms with van der Waals surface area (Å²) in [6.07, 6.45) is 2.40. The van der Waals surface area contributed by atoms with Crippen LogP contribution in [0.5, 0.6) is 0 Å². The second kappa shape index (κ2) is 4.18. The zero-order chi connectivity index (χ0) is 10.7. The Hall–Kier alpha value is -1.10. The van der Waals surface area contributed by atoms with Crippen molar-refractivity contribution in [2.24, 2.45) is 5.16 Å². The van der Waals surface area contributed by atoms with E-state index in [2.05, 4.69) is 10.5 Å². The highest BCUT2D eigenvalue weighted by Crippen LogP contribution is 2.32. The van der Waals surface area contributed by atoms with Crippen molar-refractivity contribution < 1.29 is 14.4 Å². The molecule has 5 nitrogen and oxygen atoms in total. The summed E-state index contributed by atoms with van der Waals surface area (Å²) in [4.78, 5) is 16.8. The van der Waals surface area contributed by atoms with Crippen LogP contribution < -0.4 is 5.32 Å². The van der Waals surface area contributed by atoms with Crippen molar-refractivity contribution in [1.29, 1.82) is 0 Å². The second-order valence-electron chi connectivity index (χ2n) is 3.96. The SMILES string of the molecule is CCOC(=O)C1=NOC2(CCNCC2)C1. The van der Waals surface area contributed by atoms with Gasteiger partial charge in [-0.05, 0) is 20.0 Å². The summed E-state index contributed by atoms with van der Waals surface area (Å²) in [7, 11) is 0. The van der Waals surface area contributed by atoms with E-state index in [1.807, 2.05) is 0 Å². The molecule has 0 bridgehead atoms. The van der Waals surface area contributed by atoms with Gasteiger partial charge in [-0.1, -0.05) is 5.16 Å². The summed E-state index contributed by atoms with van der Waals surface area (Å²) in [5.74, 6) is -0.340. The molecule has 0 unspecified atom stereocenters. The zero-order valence-electron chi connectivity index (χ0n) is 8.91. The molecule has 5 heteroatoms. The Morgan fingerprint density at radius 3 is 3.00 bits per heavy atom. The molecule has 1 saturated heterocycles. The van der Waals surface area contributed by atoms with Gasteiger partial charge < -0.3 is 14.9 Å². The molecule has 2 aliphatic heterocycles. The van der Waals surface area contributed by atoms with Crippen LogP contribution in [0.4, 0.5) is 0 Å². The average molecular weight is 212 g/mol. The van der Waals surface area contributed by atoms with Gasteiger partial charge in [-0.2, -0.15) is 0 Å². The molecule has 2 aliphatic rings. The van der Waals surface area contributed by atoms with E-state index in [1.54, 1.807) is 6.92 Å². The van der Waals surface area contributed by atoms with Crippen molar-refractivity contribution in [3.05, 3.63) is 0 Å². The van der Waals surface area contributed by atoms with Gasteiger partial charge >= 0.3 is 5.97 Å². The first-order valence-corrected chi connectivity index (χ1v) is 5.39. The van der Waals surface area contributed by atoms with Crippen molar-refractivity contribution in [3.63, 3.8) is 0 Å². The van der Waals surface area contributed by atoms with Crippen molar-refractivity contribution in [2.75, 3.05) is 19.7 Å². The van der Waals surface area contributed by atoms with E-state index in [4.69, 9.17) is 9.57 Å². The minimum Gasteiger partial charge on any atom is -0.461 e. The lowest BCUT2D eigenvalue weighted by molar-refractivity contribution is -0.135. The quantitative estimate of drug-likeness (QED) is 0.675. The van der Waals surface area contributed by atoms with Crippen LogP contribution in [0.2, 0.25) is 0 Å². The Labute approximate surface area is 88.8 Å². The number of carbonyl (C=O) groups excluding carboxylic acids is 1. The van der Waals surface area contributed by atoms with Crippen LogP contribution in [0.1, 0.15) is 26.2 Å². The highest BCUT2D eigenvalue weighted by atomic mass is 16.7. The lowest BCUT2D eigenvalue weighted by atomic mass is 9.88. The molecular formula is C10H16N2O3. The fourth-order valence-electron chi connectivity index (χ4n) is 2.00. The van der Waals surface area contributed by atoms with E-state index in [-0.39, 0.29) is 11.6 Å². The highest BCUT2D eigenvalue weighted by molar-refractivity contribution is 6.36. The number of oxime groups is 1. The summed E-state index contributed by atoms with van der Waals surface area (Å²) < 4.78 is 4.89. The third kappa shape index (κ3) is 2.12. The van der Waals surface area contributed by atoms with E-state index in [0.717, 1.165) is 25.9 Å². The molecule has 0 aromatic rings. The van der Waals surface area contributed by atoms with Crippen molar-refractivity contribution >= 4 is 11.7 Å². The molecule has 0 amide bonds. The Bertz CT molecular complexity index is 282. The number of carbonyl (C=O) groups is 1. The molecule has 0 saturated carbocycles. The largest absolute Gasteiger partial charge is 0.461 e. The molecule has 2 rings (SSSR count). The van der Waals surface area contributed by atoms with Crippen molar-refractivity contribution in [3.8, 4) is 0 Å². The summed E-state index contributed by atoms with van der Waals surface area (Å²) in [5.41, 5.74) is 0.187. The van der Waals surface area contributed by atoms with Crippen LogP contribution in [0.25, 0.3) is 0 Å². The van der Waals surface area contributed by atoms with Crippen molar-refractivity contribution in [2.45, 2.75) is 31.8 Å². The smallest absolute Gasteiger partial charge is 0.356 e. The van der Waals surface area contributed by atoms with Gasteiger partial charge in [-0.25, -0.2) is 4.79 Å². The van der Waals surface area contributed by atoms with Crippen LogP contribution in [0.3, 0.4) is 0 Å². The fourth-order valence-corrected chi connectivity index (χ4v) is 2.00. The normalized spacial score (nSPS) is 23.4. The molecule has 1 N–H and O–H groups in total. The lowest BCUT2D eigenvalue weighted by Crippen LogP contribution is -2.42. The van der Waals surface area contributed by atoms with E-state index in [0.29, 0.717) is 18.7 Å². The van der Waals surface area contributed by atoms with Gasteiger partial charge in [-0.3, -0.25) is 0 Å². The minimum absolute atomic E-state index is 0.243. The molecular weight excluding hydrogens is 196 g/mol. The number of hydrogen-bond donors (Lipinski definition) is 1. The first-order chi connectivity index (χ1) is 7.26. The van der Waals surface area contributed by atoms with E-state index in [9.17, 15) is 4.79 Å². The van der Waals surface area contributed by atoms with Gasteiger partial charge in [0.2, 0.25) is 0 Å². The van der Waals surface area contributed by atoms with Gasteiger partial charge in [0.05, 0.1) is 6.61 Å². The maximum Gasteiger partial charge on any atom is 0.356 e. The third-order valence-electron chi connectivity index (χ3n) is 2.86. The predicted molar refractivity (Wildman–Crippen MR) is 54.6 cm³/mol. The molecule has 0 aliphatic carbocycles. The number of nitrogens with one attached hydrogen (secondary N) is 1. The molecule has 2 heterocycles. The maximum atomic E-state index is 11.4. The number of hydrogen-bond acceptors (Lipinski definition) is 5. The predicted octanol–water partition coefficient (Wildman–Crippen LogP) is 0.448. The molecule has 1 fully saturated rings. The van der Waals surface area contributed by atoms with Gasteiger partial charge in [-0.15, -0.1) is 0 Å². The Kier molecular flexibility index (Phi) is 2.90. The van der Waals surface area contributed by atoms with E-state index in [1.165, 1.54) is 0 Å². The lowest BCUT2D eigenvalue weighted by Gasteiger charge is -2.30. The molecule has 0 radical (unpaired) electrons. The monoisotopic (exact) mass is 212 g/mol. The van der Waals surface area contributed by atoms with Crippen LogP contribution in [0, 0.1) is 0 Å². The second-order valence-corrected chi connectivity index (χ2v) is 3.96.